The molecule has 0 aromatic heterocycles. The van der Waals surface area contributed by atoms with Gasteiger partial charge in [-0.15, -0.1) is 0 Å². The van der Waals surface area contributed by atoms with E-state index in [-0.39, 0.29) is 230 Å². The van der Waals surface area contributed by atoms with Gasteiger partial charge in [-0.1, -0.05) is 78.9 Å². The first-order valence-electron chi connectivity index (χ1n) is 8.46. The van der Waals surface area contributed by atoms with Crippen LogP contribution in [0.5, 0.6) is 0 Å². The standard InChI is InChI=1S/C20H14O2.C3H8O.3CH3.6Y/c21-19(15-8-3-1-4-9-15)17-12-7-13-18(14-17)20(22)16-10-5-2-6-11-16;1-3-4-2;;;;;;;;;/h1-14H;3H2,1-2H3;3*1H3;;;;;;/q;;3*-1;;;;;;. The molecule has 0 heterocycles. The van der Waals surface area contributed by atoms with Crippen LogP contribution in [0.4, 0.5) is 0 Å². The van der Waals surface area contributed by atoms with E-state index in [1.54, 1.807) is 55.6 Å². The fourth-order valence-corrected chi connectivity index (χ4v) is 2.31. The summed E-state index contributed by atoms with van der Waals surface area (Å²) in [5.41, 5.74) is 2.28. The molecular weight excluding hydrogens is 894 g/mol. The number of ether oxygens (including phenoxy) is 1. The van der Waals surface area contributed by atoms with Gasteiger partial charge in [0.25, 0.3) is 0 Å². The second-order valence-electron chi connectivity index (χ2n) is 5.55. The minimum Gasteiger partial charge on any atom is -0.385 e. The Bertz CT molecular complexity index is 794. The van der Waals surface area contributed by atoms with Gasteiger partial charge in [0.2, 0.25) is 0 Å². The number of rotatable bonds is 5. The molecule has 3 nitrogen and oxygen atoms in total. The summed E-state index contributed by atoms with van der Waals surface area (Å²) in [5, 5.41) is 0. The number of carbonyl (C=O) groups excluding carboxylic acids is 2. The molecule has 3 rings (SSSR count). The zero-order valence-electron chi connectivity index (χ0n) is 21.5. The smallest absolute Gasteiger partial charge is 0.193 e. The third kappa shape index (κ3) is 21.9. The summed E-state index contributed by atoms with van der Waals surface area (Å²) in [5.74, 6) is -0.161. The summed E-state index contributed by atoms with van der Waals surface area (Å²) in [6.45, 7) is 2.78. The molecule has 0 aliphatic carbocycles. The Hall–Kier alpha value is 3.58. The van der Waals surface area contributed by atoms with Gasteiger partial charge in [0.15, 0.2) is 11.6 Å². The largest absolute Gasteiger partial charge is 0.385 e. The summed E-state index contributed by atoms with van der Waals surface area (Å²) in [6, 6.07) is 25.0. The average molecular weight is 925 g/mol. The van der Waals surface area contributed by atoms with Crippen molar-refractivity contribution < 1.29 is 211 Å². The number of methoxy groups -OCH3 is 1. The monoisotopic (exact) mass is 925 g/mol. The van der Waals surface area contributed by atoms with Gasteiger partial charge in [0.1, 0.15) is 0 Å². The van der Waals surface area contributed by atoms with Crippen LogP contribution in [0.2, 0.25) is 0 Å². The number of carbonyl (C=O) groups is 2. The van der Waals surface area contributed by atoms with Crippen molar-refractivity contribution in [3.63, 3.8) is 0 Å². The molecule has 35 heavy (non-hydrogen) atoms. The molecule has 174 valence electrons. The van der Waals surface area contributed by atoms with Crippen molar-refractivity contribution in [3.8, 4) is 0 Å². The molecule has 3 aromatic carbocycles. The Labute approximate surface area is 364 Å². The third-order valence-corrected chi connectivity index (χ3v) is 3.75. The van der Waals surface area contributed by atoms with E-state index >= 15 is 0 Å². The van der Waals surface area contributed by atoms with Crippen LogP contribution in [-0.2, 0) is 201 Å². The van der Waals surface area contributed by atoms with Crippen molar-refractivity contribution in [2.24, 2.45) is 0 Å². The quantitative estimate of drug-likeness (QED) is 0.229. The second-order valence-corrected chi connectivity index (χ2v) is 5.55. The van der Waals surface area contributed by atoms with Gasteiger partial charge in [-0.25, -0.2) is 0 Å². The van der Waals surface area contributed by atoms with E-state index in [0.717, 1.165) is 6.61 Å². The van der Waals surface area contributed by atoms with Crippen LogP contribution in [0.25, 0.3) is 0 Å². The first-order valence-corrected chi connectivity index (χ1v) is 8.46. The first kappa shape index (κ1) is 58.3. The molecular formula is C26H31O3Y6-3. The summed E-state index contributed by atoms with van der Waals surface area (Å²) < 4.78 is 4.54. The third-order valence-electron chi connectivity index (χ3n) is 3.75. The zero-order valence-corrected chi connectivity index (χ0v) is 38.5. The Morgan fingerprint density at radius 3 is 1.06 bits per heavy atom. The van der Waals surface area contributed by atoms with Gasteiger partial charge >= 0.3 is 0 Å². The Balaban J connectivity index is -0.0000000874. The number of hydrogen-bond acceptors (Lipinski definition) is 3. The maximum Gasteiger partial charge on any atom is 0.193 e. The summed E-state index contributed by atoms with van der Waals surface area (Å²) in [6.07, 6.45) is 0. The molecule has 0 bridgehead atoms. The predicted octanol–water partition coefficient (Wildman–Crippen LogP) is 6.14. The second kappa shape index (κ2) is 35.6. The molecule has 0 spiro atoms. The molecule has 0 unspecified atom stereocenters. The molecule has 0 saturated heterocycles. The van der Waals surface area contributed by atoms with Crippen LogP contribution in [0, 0.1) is 22.3 Å². The molecule has 9 heteroatoms. The van der Waals surface area contributed by atoms with Crippen molar-refractivity contribution in [1.29, 1.82) is 0 Å². The van der Waals surface area contributed by atoms with Gasteiger partial charge in [-0.05, 0) is 13.0 Å². The maximum atomic E-state index is 12.4. The molecule has 0 aliphatic heterocycles. The van der Waals surface area contributed by atoms with Crippen LogP contribution in [0.15, 0.2) is 84.9 Å². The first-order chi connectivity index (χ1) is 12.7. The van der Waals surface area contributed by atoms with Gasteiger partial charge in [0, 0.05) is 232 Å². The van der Waals surface area contributed by atoms with E-state index in [4.69, 9.17) is 0 Å². The summed E-state index contributed by atoms with van der Waals surface area (Å²) in [7, 11) is 1.68. The number of benzene rings is 3. The van der Waals surface area contributed by atoms with Gasteiger partial charge in [0.05, 0.1) is 0 Å². The van der Waals surface area contributed by atoms with Gasteiger partial charge < -0.3 is 27.0 Å². The van der Waals surface area contributed by atoms with E-state index in [2.05, 4.69) is 4.74 Å². The van der Waals surface area contributed by atoms with E-state index < -0.39 is 0 Å². The molecule has 0 fully saturated rings. The zero-order chi connectivity index (χ0) is 18.8. The molecule has 0 amide bonds. The van der Waals surface area contributed by atoms with Crippen molar-refractivity contribution >= 4 is 11.6 Å². The normalized spacial score (nSPS) is 7.26. The van der Waals surface area contributed by atoms with Gasteiger partial charge in [-0.3, -0.25) is 9.59 Å². The molecule has 3 aromatic rings. The maximum absolute atomic E-state index is 12.4. The van der Waals surface area contributed by atoms with Crippen molar-refractivity contribution in [2.45, 2.75) is 6.92 Å². The van der Waals surface area contributed by atoms with E-state index in [0.29, 0.717) is 22.3 Å². The van der Waals surface area contributed by atoms with E-state index in [9.17, 15) is 9.59 Å². The minimum atomic E-state index is -0.0803. The number of hydrogen-bond donors (Lipinski definition) is 0. The van der Waals surface area contributed by atoms with E-state index in [1.165, 1.54) is 0 Å². The molecule has 0 N–H and O–H groups in total. The minimum absolute atomic E-state index is 0. The van der Waals surface area contributed by atoms with Crippen LogP contribution >= 0.6 is 0 Å². The van der Waals surface area contributed by atoms with Crippen LogP contribution in [0.1, 0.15) is 38.8 Å². The van der Waals surface area contributed by atoms with E-state index in [1.807, 2.05) is 43.3 Å². The topological polar surface area (TPSA) is 43.4 Å². The Morgan fingerprint density at radius 2 is 0.800 bits per heavy atom. The SMILES string of the molecule is CCOC.O=C(c1ccccc1)c1cccc(C(=O)c2ccccc2)c1.[CH3-].[CH3-].[CH3-].[Y].[Y].[Y].[Y].[Y].[Y]. The van der Waals surface area contributed by atoms with Crippen LogP contribution < -0.4 is 0 Å². The van der Waals surface area contributed by atoms with Crippen LogP contribution in [0.3, 0.4) is 0 Å². The fourth-order valence-electron chi connectivity index (χ4n) is 2.31. The van der Waals surface area contributed by atoms with Gasteiger partial charge in [-0.2, -0.15) is 0 Å². The summed E-state index contributed by atoms with van der Waals surface area (Å²) in [4.78, 5) is 24.9. The molecule has 0 aliphatic rings. The number of ketones is 2. The molecule has 0 saturated carbocycles. The van der Waals surface area contributed by atoms with Crippen molar-refractivity contribution in [2.75, 3.05) is 13.7 Å². The van der Waals surface area contributed by atoms with Crippen molar-refractivity contribution in [1.82, 2.24) is 0 Å². The van der Waals surface area contributed by atoms with Crippen molar-refractivity contribution in [3.05, 3.63) is 129 Å². The fraction of sp³-hybridized carbons (Fsp3) is 0.115. The molecule has 6 radical (unpaired) electrons. The summed E-state index contributed by atoms with van der Waals surface area (Å²) >= 11 is 0. The predicted molar refractivity (Wildman–Crippen MR) is 123 cm³/mol. The van der Waals surface area contributed by atoms with Crippen LogP contribution in [-0.4, -0.2) is 25.3 Å². The molecule has 0 atom stereocenters. The Morgan fingerprint density at radius 1 is 0.543 bits per heavy atom. The average Bonchev–Trinajstić information content (AvgIpc) is 2.74. The Kier molecular flexibility index (Phi) is 59.3.